The van der Waals surface area contributed by atoms with Crippen molar-refractivity contribution in [1.29, 1.82) is 0 Å². The molecule has 2 N–H and O–H groups in total. The van der Waals surface area contributed by atoms with Crippen LogP contribution in [0.4, 0.5) is 0 Å². The Morgan fingerprint density at radius 3 is 2.54 bits per heavy atom. The lowest BCUT2D eigenvalue weighted by atomic mass is 9.89. The second-order valence-electron chi connectivity index (χ2n) is 7.03. The standard InChI is InChI=1S/C19H27N3O2/c1-5-15(23)11-12-20-18(24)16-13-22(14-9-7-6-8-10-14)21-17(16)19(2,3)4/h6-10,13,15,23H,5,11-12H2,1-4H3,(H,20,24). The molecule has 2 aromatic rings. The van der Waals surface area contributed by atoms with E-state index in [1.54, 1.807) is 10.9 Å². The summed E-state index contributed by atoms with van der Waals surface area (Å²) >= 11 is 0. The van der Waals surface area contributed by atoms with Gasteiger partial charge in [0.25, 0.3) is 5.91 Å². The highest BCUT2D eigenvalue weighted by Crippen LogP contribution is 2.25. The van der Waals surface area contributed by atoms with E-state index in [4.69, 9.17) is 0 Å². The van der Waals surface area contributed by atoms with Crippen LogP contribution in [0.2, 0.25) is 0 Å². The number of carbonyl (C=O) groups excluding carboxylic acids is 1. The maximum atomic E-state index is 12.6. The van der Waals surface area contributed by atoms with Gasteiger partial charge in [0.15, 0.2) is 0 Å². The first-order valence-corrected chi connectivity index (χ1v) is 8.44. The number of nitrogens with zero attached hydrogens (tertiary/aromatic N) is 2. The van der Waals surface area contributed by atoms with Crippen molar-refractivity contribution < 1.29 is 9.90 Å². The van der Waals surface area contributed by atoms with E-state index in [1.165, 1.54) is 0 Å². The summed E-state index contributed by atoms with van der Waals surface area (Å²) in [4.78, 5) is 12.6. The number of aliphatic hydroxyl groups excluding tert-OH is 1. The summed E-state index contributed by atoms with van der Waals surface area (Å²) in [6.45, 7) is 8.51. The minimum absolute atomic E-state index is 0.148. The normalized spacial score (nSPS) is 12.9. The summed E-state index contributed by atoms with van der Waals surface area (Å²) in [5.74, 6) is -0.148. The number of amides is 1. The van der Waals surface area contributed by atoms with Gasteiger partial charge in [0.1, 0.15) is 0 Å². The Balaban J connectivity index is 2.24. The second-order valence-corrected chi connectivity index (χ2v) is 7.03. The van der Waals surface area contributed by atoms with Crippen LogP contribution in [0.3, 0.4) is 0 Å². The average Bonchev–Trinajstić information content (AvgIpc) is 3.01. The van der Waals surface area contributed by atoms with Gasteiger partial charge in [-0.3, -0.25) is 4.79 Å². The zero-order valence-electron chi connectivity index (χ0n) is 14.9. The number of nitrogens with one attached hydrogen (secondary N) is 1. The summed E-state index contributed by atoms with van der Waals surface area (Å²) < 4.78 is 1.75. The first-order valence-electron chi connectivity index (χ1n) is 8.44. The number of carbonyl (C=O) groups is 1. The number of aromatic nitrogens is 2. The van der Waals surface area contributed by atoms with E-state index >= 15 is 0 Å². The molecule has 0 fully saturated rings. The zero-order valence-corrected chi connectivity index (χ0v) is 14.9. The highest BCUT2D eigenvalue weighted by Gasteiger charge is 2.26. The number of benzene rings is 1. The van der Waals surface area contributed by atoms with E-state index < -0.39 is 0 Å². The van der Waals surface area contributed by atoms with Crippen LogP contribution in [0.1, 0.15) is 56.6 Å². The van der Waals surface area contributed by atoms with Gasteiger partial charge in [-0.25, -0.2) is 4.68 Å². The smallest absolute Gasteiger partial charge is 0.254 e. The Hall–Kier alpha value is -2.14. The molecule has 130 valence electrons. The predicted molar refractivity (Wildman–Crippen MR) is 95.5 cm³/mol. The summed E-state index contributed by atoms with van der Waals surface area (Å²) in [6, 6.07) is 9.75. The van der Waals surface area contributed by atoms with Crippen molar-refractivity contribution in [3.8, 4) is 5.69 Å². The monoisotopic (exact) mass is 329 g/mol. The largest absolute Gasteiger partial charge is 0.393 e. The topological polar surface area (TPSA) is 67.2 Å². The Kier molecular flexibility index (Phi) is 5.78. The number of aliphatic hydroxyl groups is 1. The number of para-hydroxylation sites is 1. The van der Waals surface area contributed by atoms with E-state index in [-0.39, 0.29) is 17.4 Å². The Bertz CT molecular complexity index is 672. The first-order chi connectivity index (χ1) is 11.3. The molecule has 0 spiro atoms. The molecule has 1 atom stereocenters. The fourth-order valence-electron chi connectivity index (χ4n) is 2.46. The van der Waals surface area contributed by atoms with E-state index in [1.807, 2.05) is 58.0 Å². The van der Waals surface area contributed by atoms with Crippen LogP contribution in [-0.2, 0) is 5.41 Å². The van der Waals surface area contributed by atoms with Crippen LogP contribution in [0, 0.1) is 0 Å². The molecule has 2 rings (SSSR count). The minimum Gasteiger partial charge on any atom is -0.393 e. The molecule has 1 unspecified atom stereocenters. The summed E-state index contributed by atoms with van der Waals surface area (Å²) in [6.07, 6.45) is 2.65. The molecule has 0 radical (unpaired) electrons. The lowest BCUT2D eigenvalue weighted by Crippen LogP contribution is -2.29. The van der Waals surface area contributed by atoms with Crippen molar-refractivity contribution in [1.82, 2.24) is 15.1 Å². The summed E-state index contributed by atoms with van der Waals surface area (Å²) in [5, 5.41) is 17.1. The van der Waals surface area contributed by atoms with Gasteiger partial charge >= 0.3 is 0 Å². The molecule has 1 heterocycles. The Morgan fingerprint density at radius 2 is 1.96 bits per heavy atom. The van der Waals surface area contributed by atoms with Gasteiger partial charge in [0.2, 0.25) is 0 Å². The van der Waals surface area contributed by atoms with E-state index in [9.17, 15) is 9.90 Å². The quantitative estimate of drug-likeness (QED) is 0.856. The molecule has 5 nitrogen and oxygen atoms in total. The first kappa shape index (κ1) is 18.2. The third-order valence-corrected chi connectivity index (χ3v) is 3.92. The van der Waals surface area contributed by atoms with Crippen molar-refractivity contribution in [3.05, 3.63) is 47.8 Å². The van der Waals surface area contributed by atoms with E-state index in [2.05, 4.69) is 10.4 Å². The fourth-order valence-corrected chi connectivity index (χ4v) is 2.46. The fraction of sp³-hybridized carbons (Fsp3) is 0.474. The molecule has 5 heteroatoms. The molecule has 0 saturated carbocycles. The third-order valence-electron chi connectivity index (χ3n) is 3.92. The molecule has 0 saturated heterocycles. The van der Waals surface area contributed by atoms with Crippen molar-refractivity contribution in [3.63, 3.8) is 0 Å². The van der Waals surface area contributed by atoms with Crippen molar-refractivity contribution >= 4 is 5.91 Å². The zero-order chi connectivity index (χ0) is 17.7. The van der Waals surface area contributed by atoms with Crippen LogP contribution >= 0.6 is 0 Å². The highest BCUT2D eigenvalue weighted by molar-refractivity contribution is 5.95. The van der Waals surface area contributed by atoms with E-state index in [0.717, 1.165) is 11.4 Å². The van der Waals surface area contributed by atoms with Crippen LogP contribution in [0.5, 0.6) is 0 Å². The van der Waals surface area contributed by atoms with Crippen LogP contribution < -0.4 is 5.32 Å². The second kappa shape index (κ2) is 7.62. The SMILES string of the molecule is CCC(O)CCNC(=O)c1cn(-c2ccccc2)nc1C(C)(C)C. The molecule has 24 heavy (non-hydrogen) atoms. The summed E-state index contributed by atoms with van der Waals surface area (Å²) in [5.41, 5.74) is 2.02. The number of hydrogen-bond acceptors (Lipinski definition) is 3. The van der Waals surface area contributed by atoms with Crippen molar-refractivity contribution in [2.24, 2.45) is 0 Å². The van der Waals surface area contributed by atoms with Crippen molar-refractivity contribution in [2.75, 3.05) is 6.54 Å². The lowest BCUT2D eigenvalue weighted by Gasteiger charge is -2.17. The highest BCUT2D eigenvalue weighted by atomic mass is 16.3. The molecular weight excluding hydrogens is 302 g/mol. The van der Waals surface area contributed by atoms with Crippen LogP contribution in [-0.4, -0.2) is 33.4 Å². The van der Waals surface area contributed by atoms with Gasteiger partial charge < -0.3 is 10.4 Å². The summed E-state index contributed by atoms with van der Waals surface area (Å²) in [7, 11) is 0. The average molecular weight is 329 g/mol. The molecule has 0 aliphatic heterocycles. The predicted octanol–water partition coefficient (Wildman–Crippen LogP) is 3.06. The molecule has 1 aromatic carbocycles. The Labute approximate surface area is 143 Å². The molecule has 0 aliphatic carbocycles. The third kappa shape index (κ3) is 4.45. The van der Waals surface area contributed by atoms with Gasteiger partial charge in [-0.15, -0.1) is 0 Å². The van der Waals surface area contributed by atoms with Crippen LogP contribution in [0.15, 0.2) is 36.5 Å². The van der Waals surface area contributed by atoms with Gasteiger partial charge in [0.05, 0.1) is 23.0 Å². The maximum Gasteiger partial charge on any atom is 0.254 e. The van der Waals surface area contributed by atoms with E-state index in [0.29, 0.717) is 24.9 Å². The molecule has 1 aromatic heterocycles. The number of rotatable bonds is 6. The Morgan fingerprint density at radius 1 is 1.29 bits per heavy atom. The molecule has 1 amide bonds. The maximum absolute atomic E-state index is 12.6. The lowest BCUT2D eigenvalue weighted by molar-refractivity contribution is 0.0939. The van der Waals surface area contributed by atoms with Crippen LogP contribution in [0.25, 0.3) is 5.69 Å². The van der Waals surface area contributed by atoms with Gasteiger partial charge in [0, 0.05) is 18.2 Å². The molecular formula is C19H27N3O2. The van der Waals surface area contributed by atoms with Crippen molar-refractivity contribution in [2.45, 2.75) is 52.1 Å². The van der Waals surface area contributed by atoms with Gasteiger partial charge in [-0.2, -0.15) is 5.10 Å². The molecule has 0 aliphatic rings. The molecule has 0 bridgehead atoms. The van der Waals surface area contributed by atoms with Gasteiger partial charge in [-0.05, 0) is 25.0 Å². The van der Waals surface area contributed by atoms with Gasteiger partial charge in [-0.1, -0.05) is 45.9 Å². The number of hydrogen-bond donors (Lipinski definition) is 2. The minimum atomic E-state index is -0.376.